The lowest BCUT2D eigenvalue weighted by Gasteiger charge is -2.16. The molecule has 0 spiro atoms. The Morgan fingerprint density at radius 1 is 1.27 bits per heavy atom. The molecule has 11 heavy (non-hydrogen) atoms. The van der Waals surface area contributed by atoms with Crippen LogP contribution in [0.15, 0.2) is 23.2 Å². The number of hydrogen-bond donors (Lipinski definition) is 0. The van der Waals surface area contributed by atoms with Gasteiger partial charge in [-0.25, -0.2) is 0 Å². The number of allylic oxidation sites excluding steroid dienone is 3. The molecular formula is C9H14O2. The summed E-state index contributed by atoms with van der Waals surface area (Å²) in [5.41, 5.74) is 1.13. The van der Waals surface area contributed by atoms with E-state index in [1.165, 1.54) is 0 Å². The van der Waals surface area contributed by atoms with Crippen molar-refractivity contribution in [3.05, 3.63) is 23.2 Å². The molecule has 0 aromatic carbocycles. The third-order valence-electron chi connectivity index (χ3n) is 1.96. The minimum Gasteiger partial charge on any atom is -0.501 e. The molecule has 62 valence electrons. The predicted molar refractivity (Wildman–Crippen MR) is 44.0 cm³/mol. The van der Waals surface area contributed by atoms with Crippen molar-refractivity contribution in [2.24, 2.45) is 0 Å². The molecule has 0 saturated carbocycles. The monoisotopic (exact) mass is 154 g/mol. The van der Waals surface area contributed by atoms with E-state index >= 15 is 0 Å². The van der Waals surface area contributed by atoms with E-state index in [9.17, 15) is 0 Å². The lowest BCUT2D eigenvalue weighted by molar-refractivity contribution is 0.249. The van der Waals surface area contributed by atoms with E-state index in [1.54, 1.807) is 14.2 Å². The highest BCUT2D eigenvalue weighted by molar-refractivity contribution is 5.30. The maximum atomic E-state index is 5.19. The lowest BCUT2D eigenvalue weighted by Crippen LogP contribution is -2.01. The van der Waals surface area contributed by atoms with Crippen molar-refractivity contribution in [3.8, 4) is 0 Å². The average molecular weight is 154 g/mol. The van der Waals surface area contributed by atoms with Crippen molar-refractivity contribution in [1.29, 1.82) is 0 Å². The smallest absolute Gasteiger partial charge is 0.121 e. The molecule has 1 rings (SSSR count). The fourth-order valence-corrected chi connectivity index (χ4v) is 1.30. The summed E-state index contributed by atoms with van der Waals surface area (Å²) >= 11 is 0. The van der Waals surface area contributed by atoms with Gasteiger partial charge in [-0.15, -0.1) is 0 Å². The first-order chi connectivity index (χ1) is 5.29. The van der Waals surface area contributed by atoms with Gasteiger partial charge >= 0.3 is 0 Å². The number of ether oxygens (including phenoxy) is 2. The second-order valence-electron chi connectivity index (χ2n) is 2.56. The van der Waals surface area contributed by atoms with Crippen LogP contribution >= 0.6 is 0 Å². The first-order valence-electron chi connectivity index (χ1n) is 3.78. The van der Waals surface area contributed by atoms with Crippen LogP contribution in [-0.4, -0.2) is 14.2 Å². The molecule has 0 aromatic heterocycles. The van der Waals surface area contributed by atoms with Gasteiger partial charge in [0, 0.05) is 12.0 Å². The van der Waals surface area contributed by atoms with E-state index in [-0.39, 0.29) is 0 Å². The molecule has 1 aliphatic carbocycles. The molecule has 0 saturated heterocycles. The van der Waals surface area contributed by atoms with Crippen molar-refractivity contribution in [2.75, 3.05) is 14.2 Å². The second kappa shape index (κ2) is 3.46. The van der Waals surface area contributed by atoms with Crippen molar-refractivity contribution in [2.45, 2.75) is 19.8 Å². The molecule has 0 aromatic rings. The first-order valence-corrected chi connectivity index (χ1v) is 3.78. The minimum atomic E-state index is 0.952. The average Bonchev–Trinajstić information content (AvgIpc) is 2.05. The highest BCUT2D eigenvalue weighted by Gasteiger charge is 2.12. The van der Waals surface area contributed by atoms with Gasteiger partial charge in [0.1, 0.15) is 11.5 Å². The molecule has 0 heterocycles. The molecule has 0 aliphatic heterocycles. The SMILES string of the molecule is COC1=CCCC(OC)=C1C. The van der Waals surface area contributed by atoms with E-state index in [0.717, 1.165) is 29.9 Å². The highest BCUT2D eigenvalue weighted by Crippen LogP contribution is 2.25. The maximum Gasteiger partial charge on any atom is 0.121 e. The van der Waals surface area contributed by atoms with Gasteiger partial charge in [0.2, 0.25) is 0 Å². The van der Waals surface area contributed by atoms with Crippen LogP contribution in [0.3, 0.4) is 0 Å². The number of hydrogen-bond acceptors (Lipinski definition) is 2. The zero-order valence-corrected chi connectivity index (χ0v) is 7.31. The highest BCUT2D eigenvalue weighted by atomic mass is 16.5. The normalized spacial score (nSPS) is 17.9. The van der Waals surface area contributed by atoms with Crippen molar-refractivity contribution < 1.29 is 9.47 Å². The molecule has 0 unspecified atom stereocenters. The van der Waals surface area contributed by atoms with E-state index in [2.05, 4.69) is 6.08 Å². The Bertz CT molecular complexity index is 202. The Hall–Kier alpha value is -0.920. The van der Waals surface area contributed by atoms with Gasteiger partial charge < -0.3 is 9.47 Å². The van der Waals surface area contributed by atoms with Gasteiger partial charge in [0.05, 0.1) is 14.2 Å². The summed E-state index contributed by atoms with van der Waals surface area (Å²) in [6, 6.07) is 0. The Labute approximate surface area is 67.5 Å². The number of rotatable bonds is 2. The third-order valence-corrected chi connectivity index (χ3v) is 1.96. The Morgan fingerprint density at radius 2 is 2.00 bits per heavy atom. The van der Waals surface area contributed by atoms with Crippen molar-refractivity contribution >= 4 is 0 Å². The first kappa shape index (κ1) is 8.18. The maximum absolute atomic E-state index is 5.19. The van der Waals surface area contributed by atoms with E-state index in [1.807, 2.05) is 6.92 Å². The van der Waals surface area contributed by atoms with Crippen LogP contribution in [0.25, 0.3) is 0 Å². The third kappa shape index (κ3) is 1.56. The largest absolute Gasteiger partial charge is 0.501 e. The predicted octanol–water partition coefficient (Wildman–Crippen LogP) is 2.23. The van der Waals surface area contributed by atoms with Crippen LogP contribution < -0.4 is 0 Å². The summed E-state index contributed by atoms with van der Waals surface area (Å²) in [6.45, 7) is 2.02. The van der Waals surface area contributed by atoms with Crippen molar-refractivity contribution in [3.63, 3.8) is 0 Å². The molecule has 2 heteroatoms. The van der Waals surface area contributed by atoms with Crippen LogP contribution in [0.4, 0.5) is 0 Å². The molecule has 1 aliphatic rings. The van der Waals surface area contributed by atoms with Crippen LogP contribution in [0.2, 0.25) is 0 Å². The fourth-order valence-electron chi connectivity index (χ4n) is 1.30. The van der Waals surface area contributed by atoms with Crippen LogP contribution in [0.1, 0.15) is 19.8 Å². The second-order valence-corrected chi connectivity index (χ2v) is 2.56. The molecule has 0 N–H and O–H groups in total. The summed E-state index contributed by atoms with van der Waals surface area (Å²) in [4.78, 5) is 0. The van der Waals surface area contributed by atoms with E-state index in [0.29, 0.717) is 0 Å². The Kier molecular flexibility index (Phi) is 2.58. The summed E-state index contributed by atoms with van der Waals surface area (Å²) in [5, 5.41) is 0. The molecule has 0 fully saturated rings. The number of methoxy groups -OCH3 is 2. The molecule has 0 radical (unpaired) electrons. The zero-order chi connectivity index (χ0) is 8.27. The van der Waals surface area contributed by atoms with Gasteiger partial charge in [0.25, 0.3) is 0 Å². The summed E-state index contributed by atoms with van der Waals surface area (Å²) < 4.78 is 10.4. The molecule has 2 nitrogen and oxygen atoms in total. The van der Waals surface area contributed by atoms with Crippen LogP contribution in [-0.2, 0) is 9.47 Å². The van der Waals surface area contributed by atoms with Crippen molar-refractivity contribution in [1.82, 2.24) is 0 Å². The summed E-state index contributed by atoms with van der Waals surface area (Å²) in [7, 11) is 3.39. The lowest BCUT2D eigenvalue weighted by atomic mass is 10.0. The van der Waals surface area contributed by atoms with Crippen LogP contribution in [0.5, 0.6) is 0 Å². The summed E-state index contributed by atoms with van der Waals surface area (Å²) in [5.74, 6) is 2.00. The van der Waals surface area contributed by atoms with Crippen LogP contribution in [0, 0.1) is 0 Å². The van der Waals surface area contributed by atoms with Gasteiger partial charge in [-0.2, -0.15) is 0 Å². The van der Waals surface area contributed by atoms with Gasteiger partial charge in [0.15, 0.2) is 0 Å². The fraction of sp³-hybridized carbons (Fsp3) is 0.556. The molecule has 0 amide bonds. The van der Waals surface area contributed by atoms with Gasteiger partial charge in [-0.1, -0.05) is 0 Å². The van der Waals surface area contributed by atoms with E-state index < -0.39 is 0 Å². The molecule has 0 atom stereocenters. The topological polar surface area (TPSA) is 18.5 Å². The standard InChI is InChI=1S/C9H14O2/c1-7-8(10-2)5-4-6-9(7)11-3/h5H,4,6H2,1-3H3. The molecule has 0 bridgehead atoms. The Morgan fingerprint density at radius 3 is 2.55 bits per heavy atom. The zero-order valence-electron chi connectivity index (χ0n) is 7.31. The van der Waals surface area contributed by atoms with Gasteiger partial charge in [-0.05, 0) is 19.4 Å². The molecular weight excluding hydrogens is 140 g/mol. The quantitative estimate of drug-likeness (QED) is 0.607. The Balaban J connectivity index is 2.83. The summed E-state index contributed by atoms with van der Waals surface area (Å²) in [6.07, 6.45) is 4.11. The van der Waals surface area contributed by atoms with Gasteiger partial charge in [-0.3, -0.25) is 0 Å². The minimum absolute atomic E-state index is 0.952. The van der Waals surface area contributed by atoms with E-state index in [4.69, 9.17) is 9.47 Å².